The van der Waals surface area contributed by atoms with Gasteiger partial charge in [0.05, 0.1) is 5.69 Å². The van der Waals surface area contributed by atoms with Crippen LogP contribution in [-0.2, 0) is 11.3 Å². The van der Waals surface area contributed by atoms with E-state index in [1.165, 1.54) is 11.6 Å². The predicted octanol–water partition coefficient (Wildman–Crippen LogP) is 6.24. The molecule has 37 heavy (non-hydrogen) atoms. The van der Waals surface area contributed by atoms with E-state index in [0.717, 1.165) is 66.1 Å². The van der Waals surface area contributed by atoms with Crippen LogP contribution in [0.15, 0.2) is 98.3 Å². The highest BCUT2D eigenvalue weighted by Crippen LogP contribution is 2.37. The van der Waals surface area contributed by atoms with Crippen LogP contribution < -0.4 is 5.32 Å². The van der Waals surface area contributed by atoms with Crippen LogP contribution in [0.4, 0.5) is 5.69 Å². The standard InChI is InChI=1S/C32H32N4O/c1-4-30(37)36-20-25(21-36)11-17-29-22(2)10-12-27-19-34-32(35-31(27)29)23(3)26-13-15-28(16-14-26)33-18-24-8-6-5-7-9-24/h4-10,12-16,19,25,29,33H,1-3,11,17-18,20-21H2. The van der Waals surface area contributed by atoms with Gasteiger partial charge in [-0.3, -0.25) is 4.79 Å². The van der Waals surface area contributed by atoms with Crippen molar-refractivity contribution in [2.24, 2.45) is 5.92 Å². The molecule has 0 spiro atoms. The highest BCUT2D eigenvalue weighted by molar-refractivity contribution is 5.87. The van der Waals surface area contributed by atoms with Crippen LogP contribution in [0.25, 0.3) is 11.6 Å². The van der Waals surface area contributed by atoms with Crippen LogP contribution in [0, 0.1) is 5.92 Å². The van der Waals surface area contributed by atoms with Crippen molar-refractivity contribution in [1.82, 2.24) is 14.9 Å². The number of carbonyl (C=O) groups excluding carboxylic acids is 1. The lowest BCUT2D eigenvalue weighted by Gasteiger charge is -2.39. The summed E-state index contributed by atoms with van der Waals surface area (Å²) in [6.07, 6.45) is 9.36. The first-order chi connectivity index (χ1) is 18.0. The zero-order valence-electron chi connectivity index (χ0n) is 21.1. The lowest BCUT2D eigenvalue weighted by atomic mass is 9.82. The largest absolute Gasteiger partial charge is 0.381 e. The minimum atomic E-state index is 0.0162. The topological polar surface area (TPSA) is 58.1 Å². The second-order valence-electron chi connectivity index (χ2n) is 9.78. The molecule has 1 aromatic heterocycles. The fourth-order valence-corrected chi connectivity index (χ4v) is 4.95. The van der Waals surface area contributed by atoms with Crippen molar-refractivity contribution >= 4 is 23.2 Å². The Morgan fingerprint density at radius 2 is 1.81 bits per heavy atom. The van der Waals surface area contributed by atoms with E-state index < -0.39 is 0 Å². The molecule has 1 fully saturated rings. The van der Waals surface area contributed by atoms with Gasteiger partial charge in [0.15, 0.2) is 5.82 Å². The number of anilines is 1. The quantitative estimate of drug-likeness (QED) is 0.362. The lowest BCUT2D eigenvalue weighted by molar-refractivity contribution is -0.132. The van der Waals surface area contributed by atoms with Crippen LogP contribution in [-0.4, -0.2) is 33.9 Å². The molecule has 1 amide bonds. The van der Waals surface area contributed by atoms with Gasteiger partial charge in [-0.15, -0.1) is 0 Å². The Morgan fingerprint density at radius 3 is 2.54 bits per heavy atom. The van der Waals surface area contributed by atoms with Crippen LogP contribution in [0.2, 0.25) is 0 Å². The lowest BCUT2D eigenvalue weighted by Crippen LogP contribution is -2.49. The van der Waals surface area contributed by atoms with Crippen molar-refractivity contribution in [3.63, 3.8) is 0 Å². The number of aromatic nitrogens is 2. The first-order valence-electron chi connectivity index (χ1n) is 12.7. The Kier molecular flexibility index (Phi) is 7.13. The van der Waals surface area contributed by atoms with Crippen molar-refractivity contribution in [3.05, 3.63) is 126 Å². The van der Waals surface area contributed by atoms with E-state index in [9.17, 15) is 4.79 Å². The molecule has 5 nitrogen and oxygen atoms in total. The monoisotopic (exact) mass is 488 g/mol. The van der Waals surface area contributed by atoms with E-state index in [1.54, 1.807) is 0 Å². The molecule has 1 aliphatic carbocycles. The molecular weight excluding hydrogens is 456 g/mol. The maximum atomic E-state index is 11.7. The Hall–Kier alpha value is -4.25. The summed E-state index contributed by atoms with van der Waals surface area (Å²) in [5.41, 5.74) is 7.20. The second kappa shape index (κ2) is 10.8. The molecule has 1 N–H and O–H groups in total. The highest BCUT2D eigenvalue weighted by atomic mass is 16.2. The first-order valence-corrected chi connectivity index (χ1v) is 12.7. The number of nitrogens with one attached hydrogen (secondary N) is 1. The summed E-state index contributed by atoms with van der Waals surface area (Å²) in [6, 6.07) is 18.6. The van der Waals surface area contributed by atoms with Gasteiger partial charge < -0.3 is 10.2 Å². The summed E-state index contributed by atoms with van der Waals surface area (Å²) in [5, 5.41) is 3.46. The fraction of sp³-hybridized carbons (Fsp3) is 0.219. The van der Waals surface area contributed by atoms with Crippen LogP contribution in [0.3, 0.4) is 0 Å². The smallest absolute Gasteiger partial charge is 0.245 e. The molecule has 0 radical (unpaired) electrons. The minimum Gasteiger partial charge on any atom is -0.381 e. The number of hydrogen-bond donors (Lipinski definition) is 1. The molecule has 1 unspecified atom stereocenters. The van der Waals surface area contributed by atoms with Gasteiger partial charge in [0.1, 0.15) is 0 Å². The molecular formula is C32H32N4O. The SMILES string of the molecule is C=CC(=O)N1CC(CCC2C(=C)C=Cc3cnc(C(=C)c4ccc(NCc5ccccc5)cc4)nc32)C1. The average molecular weight is 489 g/mol. The Balaban J connectivity index is 1.25. The number of likely N-dealkylation sites (tertiary alicyclic amines) is 1. The molecule has 2 aliphatic rings. The number of hydrogen-bond acceptors (Lipinski definition) is 4. The zero-order valence-corrected chi connectivity index (χ0v) is 21.1. The number of allylic oxidation sites excluding steroid dienone is 2. The highest BCUT2D eigenvalue weighted by Gasteiger charge is 2.31. The van der Waals surface area contributed by atoms with E-state index in [-0.39, 0.29) is 11.8 Å². The number of rotatable bonds is 9. The van der Waals surface area contributed by atoms with E-state index in [0.29, 0.717) is 11.7 Å². The summed E-state index contributed by atoms with van der Waals surface area (Å²) >= 11 is 0. The molecule has 0 bridgehead atoms. The molecule has 1 aliphatic heterocycles. The Bertz CT molecular complexity index is 1350. The van der Waals surface area contributed by atoms with Gasteiger partial charge in [-0.25, -0.2) is 9.97 Å². The van der Waals surface area contributed by atoms with Gasteiger partial charge in [-0.1, -0.05) is 74.4 Å². The third-order valence-electron chi connectivity index (χ3n) is 7.25. The van der Waals surface area contributed by atoms with Gasteiger partial charge >= 0.3 is 0 Å². The summed E-state index contributed by atoms with van der Waals surface area (Å²) in [5.74, 6) is 1.31. The molecule has 5 heteroatoms. The molecule has 2 aromatic carbocycles. The number of nitrogens with zero attached hydrogens (tertiary/aromatic N) is 3. The molecule has 5 rings (SSSR count). The summed E-state index contributed by atoms with van der Waals surface area (Å²) in [6.45, 7) is 14.6. The maximum absolute atomic E-state index is 11.7. The van der Waals surface area contributed by atoms with Crippen molar-refractivity contribution in [2.45, 2.75) is 25.3 Å². The van der Waals surface area contributed by atoms with Gasteiger partial charge in [-0.05, 0) is 53.7 Å². The molecule has 1 saturated heterocycles. The normalized spacial score (nSPS) is 16.6. The number of benzene rings is 2. The van der Waals surface area contributed by atoms with E-state index in [2.05, 4.69) is 72.5 Å². The fourth-order valence-electron chi connectivity index (χ4n) is 4.95. The molecule has 1 atom stereocenters. The summed E-state index contributed by atoms with van der Waals surface area (Å²) in [7, 11) is 0. The van der Waals surface area contributed by atoms with Crippen molar-refractivity contribution in [1.29, 1.82) is 0 Å². The number of fused-ring (bicyclic) bond motifs is 1. The first kappa shape index (κ1) is 24.4. The molecule has 3 aromatic rings. The zero-order chi connectivity index (χ0) is 25.8. The van der Waals surface area contributed by atoms with Crippen LogP contribution in [0.5, 0.6) is 0 Å². The van der Waals surface area contributed by atoms with Crippen molar-refractivity contribution in [2.75, 3.05) is 18.4 Å². The van der Waals surface area contributed by atoms with Crippen LogP contribution >= 0.6 is 0 Å². The van der Waals surface area contributed by atoms with Gasteiger partial charge in [0, 0.05) is 48.6 Å². The Morgan fingerprint density at radius 1 is 1.05 bits per heavy atom. The second-order valence-corrected chi connectivity index (χ2v) is 9.78. The molecule has 186 valence electrons. The summed E-state index contributed by atoms with van der Waals surface area (Å²) in [4.78, 5) is 23.2. The van der Waals surface area contributed by atoms with Gasteiger partial charge in [-0.2, -0.15) is 0 Å². The van der Waals surface area contributed by atoms with E-state index in [1.807, 2.05) is 35.4 Å². The maximum Gasteiger partial charge on any atom is 0.245 e. The van der Waals surface area contributed by atoms with Crippen molar-refractivity contribution in [3.8, 4) is 0 Å². The number of amides is 1. The predicted molar refractivity (Wildman–Crippen MR) is 151 cm³/mol. The minimum absolute atomic E-state index is 0.0162. The Labute approximate surface area is 219 Å². The van der Waals surface area contributed by atoms with E-state index >= 15 is 0 Å². The molecule has 0 saturated carbocycles. The third kappa shape index (κ3) is 5.46. The van der Waals surface area contributed by atoms with Crippen molar-refractivity contribution < 1.29 is 4.79 Å². The number of carbonyl (C=O) groups is 1. The summed E-state index contributed by atoms with van der Waals surface area (Å²) < 4.78 is 0. The third-order valence-corrected chi connectivity index (χ3v) is 7.25. The van der Waals surface area contributed by atoms with Gasteiger partial charge in [0.2, 0.25) is 5.91 Å². The average Bonchev–Trinajstić information content (AvgIpc) is 2.92. The van der Waals surface area contributed by atoms with Gasteiger partial charge in [0.25, 0.3) is 0 Å². The van der Waals surface area contributed by atoms with E-state index in [4.69, 9.17) is 4.98 Å². The van der Waals surface area contributed by atoms with Crippen LogP contribution in [0.1, 0.15) is 47.0 Å². The molecule has 2 heterocycles.